The molecule has 7 N–H and O–H groups in total. The number of amides is 2. The first-order valence-electron chi connectivity index (χ1n) is 7.55. The fourth-order valence-corrected chi connectivity index (χ4v) is 1.77. The van der Waals surface area contributed by atoms with Gasteiger partial charge in [0.2, 0.25) is 11.8 Å². The molecule has 0 aromatic rings. The van der Waals surface area contributed by atoms with E-state index in [0.717, 1.165) is 0 Å². The van der Waals surface area contributed by atoms with Gasteiger partial charge in [0.15, 0.2) is 0 Å². The predicted octanol–water partition coefficient (Wildman–Crippen LogP) is -1.73. The maximum absolute atomic E-state index is 12.0. The zero-order valence-electron chi connectivity index (χ0n) is 13.7. The third-order valence-electron chi connectivity index (χ3n) is 3.64. The average molecular weight is 347 g/mol. The van der Waals surface area contributed by atoms with Crippen LogP contribution in [0.2, 0.25) is 0 Å². The molecular formula is C14H25N3O7. The Balaban J connectivity index is 4.79. The largest absolute Gasteiger partial charge is 0.481 e. The Morgan fingerprint density at radius 3 is 2.00 bits per heavy atom. The maximum Gasteiger partial charge on any atom is 0.326 e. The monoisotopic (exact) mass is 347 g/mol. The van der Waals surface area contributed by atoms with Gasteiger partial charge in [-0.05, 0) is 12.3 Å². The molecule has 0 saturated carbocycles. The minimum Gasteiger partial charge on any atom is -0.481 e. The summed E-state index contributed by atoms with van der Waals surface area (Å²) in [4.78, 5) is 45.5. The van der Waals surface area contributed by atoms with E-state index in [1.807, 2.05) is 6.92 Å². The number of nitrogens with two attached hydrogens (primary N) is 1. The van der Waals surface area contributed by atoms with E-state index in [-0.39, 0.29) is 12.3 Å². The van der Waals surface area contributed by atoms with Crippen LogP contribution in [0.25, 0.3) is 0 Å². The van der Waals surface area contributed by atoms with Gasteiger partial charge in [-0.15, -0.1) is 0 Å². The van der Waals surface area contributed by atoms with Gasteiger partial charge in [0.25, 0.3) is 0 Å². The summed E-state index contributed by atoms with van der Waals surface area (Å²) >= 11 is 0. The summed E-state index contributed by atoms with van der Waals surface area (Å²) in [5.41, 5.74) is 5.72. The first-order chi connectivity index (χ1) is 11.1. The normalized spacial score (nSPS) is 15.7. The number of hydrogen-bond donors (Lipinski definition) is 6. The summed E-state index contributed by atoms with van der Waals surface area (Å²) < 4.78 is 0. The van der Waals surface area contributed by atoms with Gasteiger partial charge in [-0.25, -0.2) is 4.79 Å². The Labute approximate surface area is 139 Å². The lowest BCUT2D eigenvalue weighted by molar-refractivity contribution is -0.143. The molecule has 0 spiro atoms. The van der Waals surface area contributed by atoms with Crippen LogP contribution in [0.3, 0.4) is 0 Å². The predicted molar refractivity (Wildman–Crippen MR) is 82.9 cm³/mol. The summed E-state index contributed by atoms with van der Waals surface area (Å²) in [7, 11) is 0. The summed E-state index contributed by atoms with van der Waals surface area (Å²) in [5.74, 6) is -4.34. The van der Waals surface area contributed by atoms with Crippen molar-refractivity contribution < 1.29 is 34.5 Å². The Morgan fingerprint density at radius 1 is 1.04 bits per heavy atom. The van der Waals surface area contributed by atoms with E-state index >= 15 is 0 Å². The molecular weight excluding hydrogens is 322 g/mol. The van der Waals surface area contributed by atoms with Crippen molar-refractivity contribution in [2.75, 3.05) is 6.61 Å². The Kier molecular flexibility index (Phi) is 9.58. The van der Waals surface area contributed by atoms with Crippen LogP contribution in [0.1, 0.15) is 33.1 Å². The summed E-state index contributed by atoms with van der Waals surface area (Å²) in [5, 5.41) is 31.1. The van der Waals surface area contributed by atoms with E-state index in [0.29, 0.717) is 6.42 Å². The number of aliphatic hydroxyl groups is 1. The molecule has 138 valence electrons. The van der Waals surface area contributed by atoms with E-state index in [1.165, 1.54) is 0 Å². The van der Waals surface area contributed by atoms with Gasteiger partial charge in [0.05, 0.1) is 12.6 Å². The maximum atomic E-state index is 12.0. The Hall–Kier alpha value is -2.20. The molecule has 0 aliphatic carbocycles. The van der Waals surface area contributed by atoms with E-state index in [4.69, 9.17) is 15.9 Å². The van der Waals surface area contributed by atoms with Gasteiger partial charge in [-0.1, -0.05) is 20.3 Å². The minimum atomic E-state index is -1.44. The summed E-state index contributed by atoms with van der Waals surface area (Å²) in [6.07, 6.45) is -0.137. The van der Waals surface area contributed by atoms with Crippen molar-refractivity contribution in [1.29, 1.82) is 0 Å². The van der Waals surface area contributed by atoms with Crippen LogP contribution in [-0.2, 0) is 19.2 Å². The van der Waals surface area contributed by atoms with Crippen LogP contribution in [0.5, 0.6) is 0 Å². The van der Waals surface area contributed by atoms with Crippen molar-refractivity contribution in [3.05, 3.63) is 0 Å². The quantitative estimate of drug-likeness (QED) is 0.255. The zero-order valence-corrected chi connectivity index (χ0v) is 13.7. The van der Waals surface area contributed by atoms with Gasteiger partial charge in [-0.2, -0.15) is 0 Å². The van der Waals surface area contributed by atoms with Crippen LogP contribution in [-0.4, -0.2) is 63.8 Å². The molecule has 0 saturated heterocycles. The zero-order chi connectivity index (χ0) is 18.9. The number of carbonyl (C=O) groups excluding carboxylic acids is 2. The van der Waals surface area contributed by atoms with Crippen LogP contribution in [0.15, 0.2) is 0 Å². The fraction of sp³-hybridized carbons (Fsp3) is 0.714. The summed E-state index contributed by atoms with van der Waals surface area (Å²) in [6, 6.07) is -3.69. The van der Waals surface area contributed by atoms with E-state index < -0.39 is 54.9 Å². The van der Waals surface area contributed by atoms with Gasteiger partial charge in [-0.3, -0.25) is 14.4 Å². The lowest BCUT2D eigenvalue weighted by atomic mass is 9.99. The van der Waals surface area contributed by atoms with Gasteiger partial charge in [0, 0.05) is 6.42 Å². The standard InChI is InChI=1S/C14H25N3O7/c1-3-7(2)11(15)13(22)17-9(6-18)12(21)16-8(14(23)24)4-5-10(19)20/h7-9,11,18H,3-6,15H2,1-2H3,(H,16,21)(H,17,22)(H,19,20)(H,23,24). The molecule has 10 heteroatoms. The smallest absolute Gasteiger partial charge is 0.326 e. The van der Waals surface area contributed by atoms with Gasteiger partial charge < -0.3 is 31.7 Å². The highest BCUT2D eigenvalue weighted by Crippen LogP contribution is 2.05. The van der Waals surface area contributed by atoms with Crippen molar-refractivity contribution in [1.82, 2.24) is 10.6 Å². The number of nitrogens with one attached hydrogen (secondary N) is 2. The lowest BCUT2D eigenvalue weighted by Gasteiger charge is -2.23. The number of rotatable bonds is 11. The highest BCUT2D eigenvalue weighted by atomic mass is 16.4. The first-order valence-corrected chi connectivity index (χ1v) is 7.55. The molecule has 0 rings (SSSR count). The number of hydrogen-bond acceptors (Lipinski definition) is 6. The van der Waals surface area contributed by atoms with E-state index in [9.17, 15) is 24.3 Å². The number of aliphatic hydroxyl groups excluding tert-OH is 1. The third kappa shape index (κ3) is 7.38. The first kappa shape index (κ1) is 21.8. The van der Waals surface area contributed by atoms with Crippen LogP contribution < -0.4 is 16.4 Å². The van der Waals surface area contributed by atoms with Crippen molar-refractivity contribution in [3.63, 3.8) is 0 Å². The lowest BCUT2D eigenvalue weighted by Crippen LogP contribution is -2.56. The molecule has 2 amide bonds. The Morgan fingerprint density at radius 2 is 1.58 bits per heavy atom. The molecule has 0 aromatic carbocycles. The molecule has 0 aliphatic rings. The number of carbonyl (C=O) groups is 4. The van der Waals surface area contributed by atoms with Gasteiger partial charge >= 0.3 is 11.9 Å². The van der Waals surface area contributed by atoms with Crippen molar-refractivity contribution in [3.8, 4) is 0 Å². The van der Waals surface area contributed by atoms with Crippen LogP contribution >= 0.6 is 0 Å². The molecule has 0 aromatic heterocycles. The van der Waals surface area contributed by atoms with E-state index in [1.54, 1.807) is 6.92 Å². The van der Waals surface area contributed by atoms with Crippen molar-refractivity contribution >= 4 is 23.8 Å². The van der Waals surface area contributed by atoms with Crippen LogP contribution in [0, 0.1) is 5.92 Å². The molecule has 0 bridgehead atoms. The third-order valence-corrected chi connectivity index (χ3v) is 3.64. The molecule has 0 aliphatic heterocycles. The number of carboxylic acid groups (broad SMARTS) is 2. The molecule has 24 heavy (non-hydrogen) atoms. The Bertz CT molecular complexity index is 469. The van der Waals surface area contributed by atoms with Crippen LogP contribution in [0.4, 0.5) is 0 Å². The fourth-order valence-electron chi connectivity index (χ4n) is 1.77. The second kappa shape index (κ2) is 10.6. The highest BCUT2D eigenvalue weighted by molar-refractivity contribution is 5.92. The second-order valence-corrected chi connectivity index (χ2v) is 5.49. The van der Waals surface area contributed by atoms with Crippen molar-refractivity contribution in [2.24, 2.45) is 11.7 Å². The highest BCUT2D eigenvalue weighted by Gasteiger charge is 2.28. The minimum absolute atomic E-state index is 0.144. The SMILES string of the molecule is CCC(C)C(N)C(=O)NC(CO)C(=O)NC(CCC(=O)O)C(=O)O. The molecule has 10 nitrogen and oxygen atoms in total. The topological polar surface area (TPSA) is 179 Å². The summed E-state index contributed by atoms with van der Waals surface area (Å²) in [6.45, 7) is 2.84. The van der Waals surface area contributed by atoms with Gasteiger partial charge in [0.1, 0.15) is 12.1 Å². The van der Waals surface area contributed by atoms with Crippen molar-refractivity contribution in [2.45, 2.75) is 51.2 Å². The second-order valence-electron chi connectivity index (χ2n) is 5.49. The molecule has 0 fully saturated rings. The molecule has 4 atom stereocenters. The number of carboxylic acids is 2. The molecule has 4 unspecified atom stereocenters. The molecule has 0 radical (unpaired) electrons. The average Bonchev–Trinajstić information content (AvgIpc) is 2.53. The number of aliphatic carboxylic acids is 2. The molecule has 0 heterocycles. The van der Waals surface area contributed by atoms with E-state index in [2.05, 4.69) is 10.6 Å².